The van der Waals surface area contributed by atoms with Crippen molar-refractivity contribution in [2.45, 2.75) is 13.0 Å². The molecule has 0 aromatic carbocycles. The van der Waals surface area contributed by atoms with E-state index in [1.807, 2.05) is 0 Å². The number of nitrogens with two attached hydrogens (primary N) is 1. The van der Waals surface area contributed by atoms with Crippen molar-refractivity contribution in [2.24, 2.45) is 0 Å². The Morgan fingerprint density at radius 3 is 3.00 bits per heavy atom. The second-order valence-corrected chi connectivity index (χ2v) is 2.85. The third kappa shape index (κ3) is 2.39. The lowest BCUT2D eigenvalue weighted by atomic mass is 10.4. The van der Waals surface area contributed by atoms with Crippen molar-refractivity contribution < 1.29 is 4.74 Å². The lowest BCUT2D eigenvalue weighted by molar-refractivity contribution is 0.189. The van der Waals surface area contributed by atoms with Crippen LogP contribution in [-0.2, 0) is 11.3 Å². The number of nitrogens with zero attached hydrogens (tertiary/aromatic N) is 2. The Labute approximate surface area is 76.3 Å². The van der Waals surface area contributed by atoms with Crippen molar-refractivity contribution in [3.63, 3.8) is 0 Å². The molecule has 1 aromatic rings. The van der Waals surface area contributed by atoms with Crippen LogP contribution < -0.4 is 5.73 Å². The van der Waals surface area contributed by atoms with Gasteiger partial charge in [0, 0.05) is 26.3 Å². The number of rotatable bonds is 4. The molecular formula is C7H12ClN3O. The minimum absolute atomic E-state index is 0.435. The van der Waals surface area contributed by atoms with Crippen molar-refractivity contribution in [3.05, 3.63) is 11.2 Å². The summed E-state index contributed by atoms with van der Waals surface area (Å²) < 4.78 is 6.56. The van der Waals surface area contributed by atoms with Crippen LogP contribution in [0.2, 0.25) is 5.15 Å². The summed E-state index contributed by atoms with van der Waals surface area (Å²) in [5.74, 6) is 0.594. The van der Waals surface area contributed by atoms with E-state index in [1.165, 1.54) is 0 Å². The number of nitrogen functional groups attached to an aromatic ring is 1. The quantitative estimate of drug-likeness (QED) is 0.724. The van der Waals surface area contributed by atoms with E-state index in [-0.39, 0.29) is 0 Å². The third-order valence-corrected chi connectivity index (χ3v) is 1.68. The number of hydrogen-bond acceptors (Lipinski definition) is 3. The van der Waals surface area contributed by atoms with Gasteiger partial charge in [0.05, 0.1) is 0 Å². The van der Waals surface area contributed by atoms with Gasteiger partial charge in [-0.05, 0) is 6.42 Å². The summed E-state index contributed by atoms with van der Waals surface area (Å²) in [6.45, 7) is 1.45. The molecule has 0 saturated carbocycles. The molecule has 5 heteroatoms. The molecule has 0 radical (unpaired) electrons. The molecule has 0 amide bonds. The van der Waals surface area contributed by atoms with Gasteiger partial charge in [-0.25, -0.2) is 4.68 Å². The lowest BCUT2D eigenvalue weighted by Crippen LogP contribution is -2.06. The Morgan fingerprint density at radius 1 is 1.75 bits per heavy atom. The van der Waals surface area contributed by atoms with Crippen molar-refractivity contribution >= 4 is 17.4 Å². The van der Waals surface area contributed by atoms with E-state index in [4.69, 9.17) is 22.1 Å². The first-order chi connectivity index (χ1) is 5.74. The zero-order valence-corrected chi connectivity index (χ0v) is 7.71. The normalized spacial score (nSPS) is 10.5. The highest BCUT2D eigenvalue weighted by molar-refractivity contribution is 6.29. The van der Waals surface area contributed by atoms with Gasteiger partial charge in [-0.3, -0.25) is 0 Å². The molecule has 0 spiro atoms. The summed E-state index contributed by atoms with van der Waals surface area (Å²) in [5.41, 5.74) is 5.60. The number of aryl methyl sites for hydroxylation is 1. The number of aromatic nitrogens is 2. The maximum Gasteiger partial charge on any atom is 0.153 e. The van der Waals surface area contributed by atoms with E-state index in [0.29, 0.717) is 17.6 Å². The first kappa shape index (κ1) is 9.35. The Hall–Kier alpha value is -0.740. The first-order valence-corrected chi connectivity index (χ1v) is 4.09. The summed E-state index contributed by atoms with van der Waals surface area (Å²) in [6, 6.07) is 1.63. The van der Waals surface area contributed by atoms with Crippen molar-refractivity contribution in [1.82, 2.24) is 9.78 Å². The van der Waals surface area contributed by atoms with Crippen LogP contribution in [0.3, 0.4) is 0 Å². The summed E-state index contributed by atoms with van der Waals surface area (Å²) in [6.07, 6.45) is 0.888. The van der Waals surface area contributed by atoms with Gasteiger partial charge in [-0.1, -0.05) is 11.6 Å². The van der Waals surface area contributed by atoms with E-state index in [0.717, 1.165) is 13.0 Å². The van der Waals surface area contributed by atoms with Gasteiger partial charge < -0.3 is 10.5 Å². The predicted octanol–water partition coefficient (Wildman–Crippen LogP) is 1.16. The molecule has 1 rings (SSSR count). The van der Waals surface area contributed by atoms with E-state index in [2.05, 4.69) is 5.10 Å². The van der Waals surface area contributed by atoms with Crippen molar-refractivity contribution in [1.29, 1.82) is 0 Å². The minimum atomic E-state index is 0.435. The highest BCUT2D eigenvalue weighted by atomic mass is 35.5. The van der Waals surface area contributed by atoms with Crippen molar-refractivity contribution in [3.8, 4) is 0 Å². The van der Waals surface area contributed by atoms with Gasteiger partial charge in [-0.15, -0.1) is 0 Å². The van der Waals surface area contributed by atoms with Gasteiger partial charge >= 0.3 is 0 Å². The number of hydrogen-bond donors (Lipinski definition) is 1. The first-order valence-electron chi connectivity index (χ1n) is 3.72. The maximum atomic E-state index is 5.64. The topological polar surface area (TPSA) is 53.1 Å². The summed E-state index contributed by atoms with van der Waals surface area (Å²) >= 11 is 5.64. The molecule has 0 bridgehead atoms. The van der Waals surface area contributed by atoms with Crippen LogP contribution in [0.1, 0.15) is 6.42 Å². The molecule has 1 heterocycles. The molecule has 4 nitrogen and oxygen atoms in total. The number of anilines is 1. The molecule has 0 aliphatic heterocycles. The molecular weight excluding hydrogens is 178 g/mol. The van der Waals surface area contributed by atoms with Gasteiger partial charge in [0.1, 0.15) is 5.82 Å². The molecule has 0 aliphatic carbocycles. The second kappa shape index (κ2) is 4.33. The van der Waals surface area contributed by atoms with E-state index >= 15 is 0 Å². The van der Waals surface area contributed by atoms with Crippen LogP contribution in [0.4, 0.5) is 5.82 Å². The Kier molecular flexibility index (Phi) is 3.37. The van der Waals surface area contributed by atoms with Crippen LogP contribution in [0.25, 0.3) is 0 Å². The molecule has 68 valence electrons. The van der Waals surface area contributed by atoms with E-state index in [9.17, 15) is 0 Å². The Bertz CT molecular complexity index is 249. The van der Waals surface area contributed by atoms with Crippen LogP contribution in [0.5, 0.6) is 0 Å². The van der Waals surface area contributed by atoms with Crippen LogP contribution in [-0.4, -0.2) is 23.5 Å². The zero-order valence-electron chi connectivity index (χ0n) is 6.96. The fourth-order valence-corrected chi connectivity index (χ4v) is 1.14. The van der Waals surface area contributed by atoms with E-state index in [1.54, 1.807) is 17.9 Å². The largest absolute Gasteiger partial charge is 0.385 e. The number of ether oxygens (including phenoxy) is 1. The SMILES string of the molecule is COCCCn1nc(Cl)cc1N. The van der Waals surface area contributed by atoms with Crippen LogP contribution >= 0.6 is 11.6 Å². The molecule has 0 aliphatic rings. The molecule has 0 unspecified atom stereocenters. The maximum absolute atomic E-state index is 5.64. The standard InChI is InChI=1S/C7H12ClN3O/c1-12-4-2-3-11-7(9)5-6(8)10-11/h5H,2-4,9H2,1H3. The molecule has 0 atom stereocenters. The van der Waals surface area contributed by atoms with Gasteiger partial charge in [0.15, 0.2) is 5.15 Å². The molecule has 1 aromatic heterocycles. The summed E-state index contributed by atoms with van der Waals surface area (Å²) in [5, 5.41) is 4.42. The third-order valence-electron chi connectivity index (χ3n) is 1.50. The van der Waals surface area contributed by atoms with Gasteiger partial charge in [0.25, 0.3) is 0 Å². The monoisotopic (exact) mass is 189 g/mol. The molecule has 0 fully saturated rings. The lowest BCUT2D eigenvalue weighted by Gasteiger charge is -2.01. The number of methoxy groups -OCH3 is 1. The smallest absolute Gasteiger partial charge is 0.153 e. The zero-order chi connectivity index (χ0) is 8.97. The molecule has 2 N–H and O–H groups in total. The average molecular weight is 190 g/mol. The fourth-order valence-electron chi connectivity index (χ4n) is 0.936. The van der Waals surface area contributed by atoms with Crippen molar-refractivity contribution in [2.75, 3.05) is 19.5 Å². The van der Waals surface area contributed by atoms with Crippen LogP contribution in [0.15, 0.2) is 6.07 Å². The highest BCUT2D eigenvalue weighted by Crippen LogP contribution is 2.11. The highest BCUT2D eigenvalue weighted by Gasteiger charge is 2.01. The van der Waals surface area contributed by atoms with Gasteiger partial charge in [-0.2, -0.15) is 5.10 Å². The minimum Gasteiger partial charge on any atom is -0.385 e. The second-order valence-electron chi connectivity index (χ2n) is 2.46. The Morgan fingerprint density at radius 2 is 2.50 bits per heavy atom. The average Bonchev–Trinajstić information content (AvgIpc) is 2.31. The summed E-state index contributed by atoms with van der Waals surface area (Å²) in [7, 11) is 1.67. The molecule has 12 heavy (non-hydrogen) atoms. The predicted molar refractivity (Wildman–Crippen MR) is 48.1 cm³/mol. The van der Waals surface area contributed by atoms with Crippen LogP contribution in [0, 0.1) is 0 Å². The summed E-state index contributed by atoms with van der Waals surface area (Å²) in [4.78, 5) is 0. The number of halogens is 1. The fraction of sp³-hybridized carbons (Fsp3) is 0.571. The Balaban J connectivity index is 2.45. The van der Waals surface area contributed by atoms with Gasteiger partial charge in [0.2, 0.25) is 0 Å². The van der Waals surface area contributed by atoms with E-state index < -0.39 is 0 Å². The molecule has 0 saturated heterocycles.